The van der Waals surface area contributed by atoms with E-state index in [0.717, 1.165) is 32.1 Å². The summed E-state index contributed by atoms with van der Waals surface area (Å²) in [6, 6.07) is 0. The van der Waals surface area contributed by atoms with Crippen molar-refractivity contribution in [1.29, 1.82) is 0 Å². The largest absolute Gasteiger partial charge is 0.462 e. The highest BCUT2D eigenvalue weighted by Crippen LogP contribution is 2.26. The Morgan fingerprint density at radius 1 is 0.544 bits per heavy atom. The first-order valence-electron chi connectivity index (χ1n) is 25.1. The van der Waals surface area contributed by atoms with Gasteiger partial charge in [-0.25, -0.2) is 0 Å². The summed E-state index contributed by atoms with van der Waals surface area (Å²) in [5.41, 5.74) is 0. The lowest BCUT2D eigenvalue weighted by Gasteiger charge is -2.42. The number of hydrogen-bond donors (Lipinski definition) is 9. The predicted molar refractivity (Wildman–Crippen MR) is 255 cm³/mol. The third-order valence-corrected chi connectivity index (χ3v) is 11.7. The molecule has 0 aromatic carbocycles. The van der Waals surface area contributed by atoms with Crippen LogP contribution in [0.15, 0.2) is 60.8 Å². The number of ether oxygens (including phenoxy) is 6. The number of carbonyl (C=O) groups is 2. The van der Waals surface area contributed by atoms with Crippen molar-refractivity contribution in [2.24, 2.45) is 0 Å². The summed E-state index contributed by atoms with van der Waals surface area (Å²) in [5.74, 6) is -1.07. The van der Waals surface area contributed by atoms with E-state index in [9.17, 15) is 55.5 Å². The second kappa shape index (κ2) is 37.9. The monoisotopic (exact) mass is 971 g/mol. The summed E-state index contributed by atoms with van der Waals surface area (Å²) < 4.78 is 33.4. The average Bonchev–Trinajstić information content (AvgIpc) is 3.33. The standard InChI is InChI=1S/C51H86O17/c1-3-5-7-9-10-11-12-13-14-15-20-24-28-32-43(56)66-37(34-63-42(55)31-27-23-19-17-16-18-22-26-30-39(54)38(53)29-25-21-8-6-4-2)35-64-50-49(62)47(60)45(58)41(68-50)36-65-51-48(61)46(59)44(57)40(33-52)67-51/h6,8,17-19,22,25-26,29-30,37-41,44-54,57-62H,3-5,7,9-16,20-21,23-24,27-28,31-36H2,1-2H3/b8-6-,19-17-,22-18-,29-25-,30-26+/t37-,38+,39-,40-,41-,44+,45+,46+,47+,48-,49-,50-,51+/m0/s1. The molecule has 2 aliphatic rings. The molecule has 0 spiro atoms. The summed E-state index contributed by atoms with van der Waals surface area (Å²) >= 11 is 0. The number of carbonyl (C=O) groups excluding carboxylic acids is 2. The molecule has 9 N–H and O–H groups in total. The van der Waals surface area contributed by atoms with Gasteiger partial charge >= 0.3 is 11.9 Å². The molecule has 0 aliphatic carbocycles. The van der Waals surface area contributed by atoms with E-state index >= 15 is 0 Å². The van der Waals surface area contributed by atoms with E-state index in [4.69, 9.17) is 28.4 Å². The maximum atomic E-state index is 13.0. The van der Waals surface area contributed by atoms with E-state index in [0.29, 0.717) is 32.1 Å². The minimum absolute atomic E-state index is 0.0810. The van der Waals surface area contributed by atoms with Crippen molar-refractivity contribution in [2.75, 3.05) is 26.4 Å². The number of aliphatic hydroxyl groups excluding tert-OH is 9. The Kier molecular flexibility index (Phi) is 34.1. The molecule has 0 unspecified atom stereocenters. The molecular weight excluding hydrogens is 885 g/mol. The highest BCUT2D eigenvalue weighted by Gasteiger charge is 2.47. The number of rotatable bonds is 37. The van der Waals surface area contributed by atoms with Gasteiger partial charge in [0.05, 0.1) is 19.8 Å². The van der Waals surface area contributed by atoms with Gasteiger partial charge in [-0.1, -0.05) is 152 Å². The van der Waals surface area contributed by atoms with Crippen LogP contribution < -0.4 is 0 Å². The van der Waals surface area contributed by atoms with Crippen LogP contribution in [-0.2, 0) is 38.0 Å². The van der Waals surface area contributed by atoms with E-state index in [-0.39, 0.29) is 19.4 Å². The lowest BCUT2D eigenvalue weighted by molar-refractivity contribution is -0.332. The lowest BCUT2D eigenvalue weighted by atomic mass is 9.98. The minimum atomic E-state index is -1.79. The maximum Gasteiger partial charge on any atom is 0.306 e. The molecule has 2 saturated heterocycles. The van der Waals surface area contributed by atoms with Gasteiger partial charge in [-0.05, 0) is 38.5 Å². The molecule has 0 amide bonds. The number of esters is 2. The van der Waals surface area contributed by atoms with Gasteiger partial charge in [-0.15, -0.1) is 0 Å². The van der Waals surface area contributed by atoms with Crippen molar-refractivity contribution < 1.29 is 84.0 Å². The number of unbranched alkanes of at least 4 members (excludes halogenated alkanes) is 13. The fourth-order valence-corrected chi connectivity index (χ4v) is 7.47. The zero-order valence-electron chi connectivity index (χ0n) is 40.5. The molecule has 2 heterocycles. The van der Waals surface area contributed by atoms with Crippen LogP contribution >= 0.6 is 0 Å². The Balaban J connectivity index is 1.87. The Hall–Kier alpha value is -2.88. The molecule has 0 saturated carbocycles. The van der Waals surface area contributed by atoms with Crippen molar-refractivity contribution in [3.63, 3.8) is 0 Å². The second-order valence-electron chi connectivity index (χ2n) is 17.6. The van der Waals surface area contributed by atoms with Crippen LogP contribution in [0.1, 0.15) is 142 Å². The van der Waals surface area contributed by atoms with Crippen molar-refractivity contribution in [3.8, 4) is 0 Å². The summed E-state index contributed by atoms with van der Waals surface area (Å²) in [6.45, 7) is 2.22. The van der Waals surface area contributed by atoms with Crippen LogP contribution in [0.5, 0.6) is 0 Å². The van der Waals surface area contributed by atoms with Crippen molar-refractivity contribution in [3.05, 3.63) is 60.8 Å². The molecule has 2 fully saturated rings. The van der Waals surface area contributed by atoms with E-state index in [2.05, 4.69) is 6.92 Å². The Bertz CT molecular complexity index is 1450. The van der Waals surface area contributed by atoms with Crippen LogP contribution in [0.2, 0.25) is 0 Å². The van der Waals surface area contributed by atoms with E-state index < -0.39 is 111 Å². The summed E-state index contributed by atoms with van der Waals surface area (Å²) in [5, 5.41) is 92.1. The Labute approximate surface area is 404 Å². The van der Waals surface area contributed by atoms with Gasteiger partial charge in [0, 0.05) is 12.8 Å². The highest BCUT2D eigenvalue weighted by molar-refractivity contribution is 5.70. The van der Waals surface area contributed by atoms with Crippen molar-refractivity contribution in [2.45, 2.75) is 222 Å². The van der Waals surface area contributed by atoms with Crippen LogP contribution in [0.25, 0.3) is 0 Å². The Morgan fingerprint density at radius 2 is 1.09 bits per heavy atom. The van der Waals surface area contributed by atoms with E-state index in [1.165, 1.54) is 57.4 Å². The maximum absolute atomic E-state index is 13.0. The number of allylic oxidation sites excluding steroid dienone is 8. The first-order chi connectivity index (χ1) is 32.8. The molecule has 0 aromatic heterocycles. The third kappa shape index (κ3) is 25.8. The topological polar surface area (TPSA) is 272 Å². The van der Waals surface area contributed by atoms with Crippen LogP contribution in [0, 0.1) is 0 Å². The molecule has 392 valence electrons. The van der Waals surface area contributed by atoms with E-state index in [1.807, 2.05) is 37.3 Å². The average molecular weight is 971 g/mol. The van der Waals surface area contributed by atoms with Gasteiger partial charge in [0.15, 0.2) is 18.7 Å². The minimum Gasteiger partial charge on any atom is -0.462 e. The summed E-state index contributed by atoms with van der Waals surface area (Å²) in [6.07, 6.45) is 17.3. The fourth-order valence-electron chi connectivity index (χ4n) is 7.47. The molecule has 17 heteroatoms. The van der Waals surface area contributed by atoms with Gasteiger partial charge in [0.1, 0.15) is 67.6 Å². The van der Waals surface area contributed by atoms with Gasteiger partial charge in [0.2, 0.25) is 0 Å². The molecule has 17 nitrogen and oxygen atoms in total. The van der Waals surface area contributed by atoms with Gasteiger partial charge in [0.25, 0.3) is 0 Å². The molecule has 2 aliphatic heterocycles. The second-order valence-corrected chi connectivity index (χ2v) is 17.6. The quantitative estimate of drug-likeness (QED) is 0.0180. The zero-order valence-corrected chi connectivity index (χ0v) is 40.5. The molecule has 0 bridgehead atoms. The van der Waals surface area contributed by atoms with Gasteiger partial charge in [-0.2, -0.15) is 0 Å². The van der Waals surface area contributed by atoms with Crippen LogP contribution in [0.4, 0.5) is 0 Å². The number of aliphatic hydroxyl groups is 9. The van der Waals surface area contributed by atoms with Crippen LogP contribution in [0.3, 0.4) is 0 Å². The zero-order chi connectivity index (χ0) is 49.9. The van der Waals surface area contributed by atoms with Crippen LogP contribution in [-0.4, -0.2) is 164 Å². The first kappa shape index (κ1) is 61.2. The van der Waals surface area contributed by atoms with Crippen molar-refractivity contribution in [1.82, 2.24) is 0 Å². The normalized spacial score (nSPS) is 27.2. The fraction of sp³-hybridized carbons (Fsp3) is 0.765. The Morgan fingerprint density at radius 3 is 1.72 bits per heavy atom. The van der Waals surface area contributed by atoms with Gasteiger partial charge < -0.3 is 74.4 Å². The predicted octanol–water partition coefficient (Wildman–Crippen LogP) is 4.43. The highest BCUT2D eigenvalue weighted by atomic mass is 16.7. The molecule has 68 heavy (non-hydrogen) atoms. The summed E-state index contributed by atoms with van der Waals surface area (Å²) in [4.78, 5) is 25.7. The van der Waals surface area contributed by atoms with Crippen molar-refractivity contribution >= 4 is 11.9 Å². The smallest absolute Gasteiger partial charge is 0.306 e. The molecule has 13 atom stereocenters. The molecule has 2 rings (SSSR count). The lowest BCUT2D eigenvalue weighted by Crippen LogP contribution is -2.61. The SMILES string of the molecule is CC/C=C\C/C=C\[C@@H](O)[C@@H](O)/C=C/C=C\C/C=C\CCCC(=O)OC[C@@H](CO[C@H]1O[C@@H](CO[C@@H]2O[C@@H](CO)[C@@H](O)[C@@H](O)[C@@H]2O)[C@@H](O)[C@@H](O)[C@@H]1O)OC(=O)CCCCCCCCCCCCCCC. The summed E-state index contributed by atoms with van der Waals surface area (Å²) in [7, 11) is 0. The molecule has 0 aromatic rings. The third-order valence-electron chi connectivity index (χ3n) is 11.7. The van der Waals surface area contributed by atoms with Gasteiger partial charge in [-0.3, -0.25) is 9.59 Å². The molecule has 0 radical (unpaired) electrons. The van der Waals surface area contributed by atoms with E-state index in [1.54, 1.807) is 24.3 Å². The number of hydrogen-bond acceptors (Lipinski definition) is 17. The first-order valence-corrected chi connectivity index (χ1v) is 25.1. The molecular formula is C51H86O17.